The molecule has 5 rings (SSSR count). The van der Waals surface area contributed by atoms with Crippen LogP contribution < -0.4 is 10.6 Å². The molecule has 3 aromatic heterocycles. The van der Waals surface area contributed by atoms with Gasteiger partial charge >= 0.3 is 0 Å². The van der Waals surface area contributed by atoms with Gasteiger partial charge in [0.05, 0.1) is 22.6 Å². The number of anilines is 2. The molecule has 7 nitrogen and oxygen atoms in total. The SMILES string of the molecule is Cn1cc(Nc2nccc(-c3ccc4c(c3)CCC4NCc3cnc(C(C)(C)C)s3)n2)cn1. The van der Waals surface area contributed by atoms with Gasteiger partial charge in [-0.25, -0.2) is 15.0 Å². The van der Waals surface area contributed by atoms with E-state index in [0.29, 0.717) is 12.0 Å². The fraction of sp³-hybridized carbons (Fsp3) is 0.360. The van der Waals surface area contributed by atoms with Crippen LogP contribution in [-0.4, -0.2) is 24.7 Å². The molecule has 0 saturated carbocycles. The van der Waals surface area contributed by atoms with E-state index in [0.717, 1.165) is 36.3 Å². The third-order valence-corrected chi connectivity index (χ3v) is 7.27. The Kier molecular flexibility index (Phi) is 5.72. The normalized spacial score (nSPS) is 15.6. The largest absolute Gasteiger partial charge is 0.321 e. The Bertz CT molecular complexity index is 1270. The predicted molar refractivity (Wildman–Crippen MR) is 133 cm³/mol. The van der Waals surface area contributed by atoms with E-state index in [1.165, 1.54) is 21.0 Å². The van der Waals surface area contributed by atoms with Crippen LogP contribution in [0.1, 0.15) is 54.2 Å². The van der Waals surface area contributed by atoms with Crippen LogP contribution in [-0.2, 0) is 25.4 Å². The van der Waals surface area contributed by atoms with Crippen LogP contribution in [0.2, 0.25) is 0 Å². The van der Waals surface area contributed by atoms with Crippen molar-refractivity contribution >= 4 is 23.0 Å². The molecule has 4 aromatic rings. The second kappa shape index (κ2) is 8.68. The van der Waals surface area contributed by atoms with Gasteiger partial charge in [-0.1, -0.05) is 32.9 Å². The maximum absolute atomic E-state index is 4.71. The van der Waals surface area contributed by atoms with Crippen molar-refractivity contribution in [2.75, 3.05) is 5.32 Å². The summed E-state index contributed by atoms with van der Waals surface area (Å²) in [6.45, 7) is 7.49. The van der Waals surface area contributed by atoms with Crippen molar-refractivity contribution in [2.45, 2.75) is 51.6 Å². The predicted octanol–water partition coefficient (Wildman–Crippen LogP) is 5.15. The minimum Gasteiger partial charge on any atom is -0.321 e. The first kappa shape index (κ1) is 21.7. The number of hydrogen-bond donors (Lipinski definition) is 2. The minimum atomic E-state index is 0.105. The molecule has 0 fully saturated rings. The lowest BCUT2D eigenvalue weighted by molar-refractivity contribution is 0.533. The second-order valence-corrected chi connectivity index (χ2v) is 10.7. The zero-order valence-electron chi connectivity index (χ0n) is 19.5. The molecule has 1 unspecified atom stereocenters. The maximum atomic E-state index is 4.71. The molecule has 0 spiro atoms. The Balaban J connectivity index is 1.28. The van der Waals surface area contributed by atoms with Crippen LogP contribution in [0, 0.1) is 0 Å². The number of aromatic nitrogens is 5. The zero-order chi connectivity index (χ0) is 23.0. The molecule has 1 aliphatic rings. The van der Waals surface area contributed by atoms with E-state index in [-0.39, 0.29) is 5.41 Å². The van der Waals surface area contributed by atoms with E-state index < -0.39 is 0 Å². The van der Waals surface area contributed by atoms with Gasteiger partial charge in [-0.3, -0.25) is 4.68 Å². The van der Waals surface area contributed by atoms with E-state index in [4.69, 9.17) is 4.98 Å². The second-order valence-electron chi connectivity index (χ2n) is 9.56. The van der Waals surface area contributed by atoms with Crippen molar-refractivity contribution in [3.8, 4) is 11.3 Å². The fourth-order valence-corrected chi connectivity index (χ4v) is 5.06. The highest BCUT2D eigenvalue weighted by molar-refractivity contribution is 7.11. The molecule has 0 radical (unpaired) electrons. The summed E-state index contributed by atoms with van der Waals surface area (Å²) in [5, 5.41) is 12.3. The first-order valence-corrected chi connectivity index (χ1v) is 12.1. The molecule has 2 N–H and O–H groups in total. The van der Waals surface area contributed by atoms with E-state index in [2.05, 4.69) is 64.7 Å². The number of aryl methyl sites for hydroxylation is 2. The van der Waals surface area contributed by atoms with Crippen LogP contribution in [0.25, 0.3) is 11.3 Å². The summed E-state index contributed by atoms with van der Waals surface area (Å²) in [4.78, 5) is 15.0. The molecule has 0 amide bonds. The average molecular weight is 460 g/mol. The molecule has 3 heterocycles. The van der Waals surface area contributed by atoms with Gasteiger partial charge in [0.15, 0.2) is 0 Å². The minimum absolute atomic E-state index is 0.105. The van der Waals surface area contributed by atoms with Gasteiger partial charge in [-0.15, -0.1) is 11.3 Å². The molecule has 0 aliphatic heterocycles. The van der Waals surface area contributed by atoms with Crippen molar-refractivity contribution in [3.63, 3.8) is 0 Å². The summed E-state index contributed by atoms with van der Waals surface area (Å²) in [7, 11) is 1.88. The molecule has 0 bridgehead atoms. The van der Waals surface area contributed by atoms with Gasteiger partial charge in [-0.05, 0) is 36.1 Å². The van der Waals surface area contributed by atoms with E-state index >= 15 is 0 Å². The number of rotatable bonds is 6. The van der Waals surface area contributed by atoms with Gasteiger partial charge in [0.2, 0.25) is 5.95 Å². The highest BCUT2D eigenvalue weighted by atomic mass is 32.1. The van der Waals surface area contributed by atoms with Crippen LogP contribution in [0.3, 0.4) is 0 Å². The van der Waals surface area contributed by atoms with Crippen molar-refractivity contribution in [2.24, 2.45) is 7.05 Å². The summed E-state index contributed by atoms with van der Waals surface area (Å²) in [6, 6.07) is 9.02. The van der Waals surface area contributed by atoms with Crippen LogP contribution in [0.15, 0.2) is 49.1 Å². The summed E-state index contributed by atoms with van der Waals surface area (Å²) < 4.78 is 1.75. The van der Waals surface area contributed by atoms with Gasteiger partial charge in [0.1, 0.15) is 0 Å². The molecule has 170 valence electrons. The van der Waals surface area contributed by atoms with Gasteiger partial charge in [0, 0.05) is 54.1 Å². The summed E-state index contributed by atoms with van der Waals surface area (Å²) in [5.41, 5.74) is 5.78. The number of hydrogen-bond acceptors (Lipinski definition) is 7. The monoisotopic (exact) mass is 459 g/mol. The Hall–Kier alpha value is -3.10. The number of thiazole rings is 1. The van der Waals surface area contributed by atoms with Crippen LogP contribution in [0.4, 0.5) is 11.6 Å². The standard InChI is InChI=1S/C25H29N7S/c1-25(2,3)23-28-14-19(33-23)13-27-22-8-6-16-11-17(5-7-20(16)22)21-9-10-26-24(31-21)30-18-12-29-32(4)15-18/h5,7,9-12,14-15,22,27H,6,8,13H2,1-4H3,(H,26,30,31). The third kappa shape index (κ3) is 4.82. The van der Waals surface area contributed by atoms with Gasteiger partial charge < -0.3 is 10.6 Å². The molecule has 8 heteroatoms. The first-order chi connectivity index (χ1) is 15.8. The zero-order valence-corrected chi connectivity index (χ0v) is 20.3. The number of fused-ring (bicyclic) bond motifs is 1. The lowest BCUT2D eigenvalue weighted by Gasteiger charge is -2.15. The highest BCUT2D eigenvalue weighted by Gasteiger charge is 2.23. The smallest absolute Gasteiger partial charge is 0.227 e. The molecular weight excluding hydrogens is 430 g/mol. The lowest BCUT2D eigenvalue weighted by atomic mass is 9.98. The van der Waals surface area contributed by atoms with Gasteiger partial charge in [-0.2, -0.15) is 5.10 Å². The first-order valence-electron chi connectivity index (χ1n) is 11.3. The van der Waals surface area contributed by atoms with Crippen molar-refractivity contribution in [3.05, 3.63) is 70.1 Å². The molecule has 0 saturated heterocycles. The highest BCUT2D eigenvalue weighted by Crippen LogP contribution is 2.35. The van der Waals surface area contributed by atoms with Gasteiger partial charge in [0.25, 0.3) is 0 Å². The fourth-order valence-electron chi connectivity index (χ4n) is 4.14. The Morgan fingerprint density at radius 3 is 2.79 bits per heavy atom. The third-order valence-electron chi connectivity index (χ3n) is 5.85. The van der Waals surface area contributed by atoms with Crippen LogP contribution in [0.5, 0.6) is 0 Å². The van der Waals surface area contributed by atoms with Crippen molar-refractivity contribution in [1.82, 2.24) is 30.0 Å². The molecule has 33 heavy (non-hydrogen) atoms. The van der Waals surface area contributed by atoms with Crippen molar-refractivity contribution < 1.29 is 0 Å². The molecule has 1 aromatic carbocycles. The molecular formula is C25H29N7S. The molecule has 1 aliphatic carbocycles. The topological polar surface area (TPSA) is 80.5 Å². The van der Waals surface area contributed by atoms with Crippen molar-refractivity contribution in [1.29, 1.82) is 0 Å². The summed E-state index contributed by atoms with van der Waals surface area (Å²) >= 11 is 1.81. The Labute approximate surface area is 198 Å². The van der Waals surface area contributed by atoms with E-state index in [9.17, 15) is 0 Å². The molecule has 1 atom stereocenters. The lowest BCUT2D eigenvalue weighted by Crippen LogP contribution is -2.18. The van der Waals surface area contributed by atoms with E-state index in [1.807, 2.05) is 36.8 Å². The van der Waals surface area contributed by atoms with E-state index in [1.54, 1.807) is 17.1 Å². The van der Waals surface area contributed by atoms with Crippen LogP contribution >= 0.6 is 11.3 Å². The quantitative estimate of drug-likeness (QED) is 0.415. The number of nitrogens with zero attached hydrogens (tertiary/aromatic N) is 5. The number of benzene rings is 1. The Morgan fingerprint density at radius 2 is 2.03 bits per heavy atom. The average Bonchev–Trinajstić information content (AvgIpc) is 3.52. The summed E-state index contributed by atoms with van der Waals surface area (Å²) in [6.07, 6.45) is 9.65. The number of nitrogens with one attached hydrogen (secondary N) is 2. The Morgan fingerprint density at radius 1 is 1.15 bits per heavy atom. The maximum Gasteiger partial charge on any atom is 0.227 e. The summed E-state index contributed by atoms with van der Waals surface area (Å²) in [5.74, 6) is 0.569.